The summed E-state index contributed by atoms with van der Waals surface area (Å²) in [6, 6.07) is 12.5. The maximum atomic E-state index is 12.2. The fraction of sp³-hybridized carbons (Fsp3) is 0.278. The number of fused-ring (bicyclic) bond motifs is 1. The Morgan fingerprint density at radius 2 is 1.92 bits per heavy atom. The number of amides is 2. The minimum absolute atomic E-state index is 0.102. The van der Waals surface area contributed by atoms with E-state index in [4.69, 9.17) is 14.2 Å². The molecule has 0 aliphatic carbocycles. The van der Waals surface area contributed by atoms with E-state index < -0.39 is 0 Å². The van der Waals surface area contributed by atoms with Gasteiger partial charge in [-0.3, -0.25) is 0 Å². The molecule has 6 heteroatoms. The molecule has 0 bridgehead atoms. The van der Waals surface area contributed by atoms with Gasteiger partial charge in [0.1, 0.15) is 23.9 Å². The predicted molar refractivity (Wildman–Crippen MR) is 91.1 cm³/mol. The fourth-order valence-corrected chi connectivity index (χ4v) is 2.64. The Balaban J connectivity index is 1.60. The van der Waals surface area contributed by atoms with Crippen LogP contribution in [0, 0.1) is 0 Å². The summed E-state index contributed by atoms with van der Waals surface area (Å²) >= 11 is 0. The van der Waals surface area contributed by atoms with Crippen molar-refractivity contribution in [3.05, 3.63) is 48.0 Å². The van der Waals surface area contributed by atoms with E-state index >= 15 is 0 Å². The van der Waals surface area contributed by atoms with Crippen molar-refractivity contribution in [2.75, 3.05) is 26.1 Å². The molecule has 0 saturated heterocycles. The van der Waals surface area contributed by atoms with Gasteiger partial charge in [-0.15, -0.1) is 0 Å². The summed E-state index contributed by atoms with van der Waals surface area (Å²) in [5.74, 6) is 2.30. The molecule has 2 aromatic carbocycles. The molecule has 1 aliphatic heterocycles. The molecule has 0 radical (unpaired) electrons. The van der Waals surface area contributed by atoms with E-state index in [1.807, 2.05) is 30.3 Å². The fourth-order valence-electron chi connectivity index (χ4n) is 2.64. The van der Waals surface area contributed by atoms with Crippen LogP contribution in [0.2, 0.25) is 0 Å². The maximum absolute atomic E-state index is 12.2. The van der Waals surface area contributed by atoms with Gasteiger partial charge >= 0.3 is 6.03 Å². The summed E-state index contributed by atoms with van der Waals surface area (Å²) in [5.41, 5.74) is 1.69. The molecule has 1 atom stereocenters. The molecule has 6 nitrogen and oxygen atoms in total. The average molecular weight is 328 g/mol. The van der Waals surface area contributed by atoms with Gasteiger partial charge in [-0.1, -0.05) is 6.07 Å². The number of rotatable bonds is 4. The monoisotopic (exact) mass is 328 g/mol. The number of carbonyl (C=O) groups excluding carboxylic acids is 1. The lowest BCUT2D eigenvalue weighted by molar-refractivity contribution is 0.222. The standard InChI is InChI=1S/C18H20N2O4/c1-22-15-5-3-4-13(10-15)19-18(21)20-14-8-12-9-16(23-2)6-7-17(12)24-11-14/h3-7,9-10,14H,8,11H2,1-2H3,(H2,19,20,21)/t14-/m0/s1. The third kappa shape index (κ3) is 3.71. The first-order valence-corrected chi connectivity index (χ1v) is 7.69. The number of methoxy groups -OCH3 is 2. The van der Waals surface area contributed by atoms with Crippen molar-refractivity contribution in [1.82, 2.24) is 5.32 Å². The van der Waals surface area contributed by atoms with Gasteiger partial charge in [0.2, 0.25) is 0 Å². The Morgan fingerprint density at radius 3 is 2.71 bits per heavy atom. The number of hydrogen-bond donors (Lipinski definition) is 2. The molecule has 1 aliphatic rings. The number of nitrogens with one attached hydrogen (secondary N) is 2. The molecule has 126 valence electrons. The lowest BCUT2D eigenvalue weighted by Crippen LogP contribution is -2.44. The van der Waals surface area contributed by atoms with E-state index in [-0.39, 0.29) is 12.1 Å². The molecule has 2 amide bonds. The molecule has 3 rings (SSSR count). The lowest BCUT2D eigenvalue weighted by Gasteiger charge is -2.26. The van der Waals surface area contributed by atoms with Crippen molar-refractivity contribution in [3.63, 3.8) is 0 Å². The SMILES string of the molecule is COc1cccc(NC(=O)N[C@@H]2COc3ccc(OC)cc3C2)c1. The second-order valence-electron chi connectivity index (χ2n) is 5.52. The molecule has 24 heavy (non-hydrogen) atoms. The largest absolute Gasteiger partial charge is 0.497 e. The molecule has 0 saturated carbocycles. The number of ether oxygens (including phenoxy) is 3. The molecule has 0 unspecified atom stereocenters. The zero-order valence-corrected chi connectivity index (χ0v) is 13.7. The molecule has 1 heterocycles. The summed E-state index contributed by atoms with van der Waals surface area (Å²) < 4.78 is 16.1. The second kappa shape index (κ2) is 7.12. The van der Waals surface area contributed by atoms with Gasteiger partial charge in [-0.25, -0.2) is 4.79 Å². The number of hydrogen-bond acceptors (Lipinski definition) is 4. The van der Waals surface area contributed by atoms with Crippen LogP contribution in [0.5, 0.6) is 17.2 Å². The van der Waals surface area contributed by atoms with Crippen LogP contribution in [0.3, 0.4) is 0 Å². The Kier molecular flexibility index (Phi) is 4.74. The number of carbonyl (C=O) groups is 1. The Morgan fingerprint density at radius 1 is 1.12 bits per heavy atom. The van der Waals surface area contributed by atoms with Crippen LogP contribution in [0.15, 0.2) is 42.5 Å². The minimum Gasteiger partial charge on any atom is -0.497 e. The van der Waals surface area contributed by atoms with E-state index in [0.717, 1.165) is 17.1 Å². The van der Waals surface area contributed by atoms with Crippen LogP contribution >= 0.6 is 0 Å². The summed E-state index contributed by atoms with van der Waals surface area (Å²) in [5, 5.41) is 5.73. The highest BCUT2D eigenvalue weighted by atomic mass is 16.5. The van der Waals surface area contributed by atoms with Gasteiger partial charge in [0.05, 0.1) is 20.3 Å². The van der Waals surface area contributed by atoms with Crippen LogP contribution in [-0.2, 0) is 6.42 Å². The maximum Gasteiger partial charge on any atom is 0.319 e. The van der Waals surface area contributed by atoms with E-state index in [0.29, 0.717) is 24.5 Å². The Hall–Kier alpha value is -2.89. The first kappa shape index (κ1) is 16.0. The second-order valence-corrected chi connectivity index (χ2v) is 5.52. The molecule has 0 aromatic heterocycles. The first-order valence-electron chi connectivity index (χ1n) is 7.69. The summed E-state index contributed by atoms with van der Waals surface area (Å²) in [6.07, 6.45) is 0.693. The molecule has 0 fully saturated rings. The first-order chi connectivity index (χ1) is 11.7. The molecular formula is C18H20N2O4. The van der Waals surface area contributed by atoms with E-state index in [2.05, 4.69) is 10.6 Å². The van der Waals surface area contributed by atoms with Crippen molar-refractivity contribution in [2.24, 2.45) is 0 Å². The van der Waals surface area contributed by atoms with E-state index in [1.54, 1.807) is 26.4 Å². The van der Waals surface area contributed by atoms with Crippen LogP contribution in [0.4, 0.5) is 10.5 Å². The topological polar surface area (TPSA) is 68.8 Å². The molecular weight excluding hydrogens is 308 g/mol. The van der Waals surface area contributed by atoms with Crippen LogP contribution in [0.1, 0.15) is 5.56 Å². The summed E-state index contributed by atoms with van der Waals surface area (Å²) in [7, 11) is 3.22. The van der Waals surface area contributed by atoms with Crippen molar-refractivity contribution in [1.29, 1.82) is 0 Å². The van der Waals surface area contributed by atoms with Gasteiger partial charge < -0.3 is 24.8 Å². The Bertz CT molecular complexity index is 733. The van der Waals surface area contributed by atoms with Crippen molar-refractivity contribution in [2.45, 2.75) is 12.5 Å². The van der Waals surface area contributed by atoms with Crippen LogP contribution in [0.25, 0.3) is 0 Å². The zero-order chi connectivity index (χ0) is 16.9. The zero-order valence-electron chi connectivity index (χ0n) is 13.7. The van der Waals surface area contributed by atoms with Gasteiger partial charge in [-0.05, 0) is 42.3 Å². The molecule has 2 aromatic rings. The molecule has 2 N–H and O–H groups in total. The highest BCUT2D eigenvalue weighted by Gasteiger charge is 2.22. The average Bonchev–Trinajstić information content (AvgIpc) is 2.61. The third-order valence-corrected chi connectivity index (χ3v) is 3.84. The van der Waals surface area contributed by atoms with E-state index in [1.165, 1.54) is 0 Å². The van der Waals surface area contributed by atoms with Gasteiger partial charge in [0.15, 0.2) is 0 Å². The third-order valence-electron chi connectivity index (χ3n) is 3.84. The quantitative estimate of drug-likeness (QED) is 0.905. The summed E-state index contributed by atoms with van der Waals surface area (Å²) in [6.45, 7) is 0.435. The lowest BCUT2D eigenvalue weighted by atomic mass is 10.0. The van der Waals surface area contributed by atoms with Gasteiger partial charge in [-0.2, -0.15) is 0 Å². The number of benzene rings is 2. The van der Waals surface area contributed by atoms with Gasteiger partial charge in [0, 0.05) is 11.8 Å². The van der Waals surface area contributed by atoms with Crippen molar-refractivity contribution < 1.29 is 19.0 Å². The predicted octanol–water partition coefficient (Wildman–Crippen LogP) is 2.83. The van der Waals surface area contributed by atoms with E-state index in [9.17, 15) is 4.79 Å². The highest BCUT2D eigenvalue weighted by molar-refractivity contribution is 5.89. The minimum atomic E-state index is -0.275. The van der Waals surface area contributed by atoms with Crippen LogP contribution in [-0.4, -0.2) is 32.9 Å². The van der Waals surface area contributed by atoms with Crippen molar-refractivity contribution >= 4 is 11.7 Å². The number of anilines is 1. The summed E-state index contributed by atoms with van der Waals surface area (Å²) in [4.78, 5) is 12.2. The highest BCUT2D eigenvalue weighted by Crippen LogP contribution is 2.28. The normalized spacial score (nSPS) is 15.7. The number of urea groups is 1. The smallest absolute Gasteiger partial charge is 0.319 e. The Labute approximate surface area is 140 Å². The van der Waals surface area contributed by atoms with Gasteiger partial charge in [0.25, 0.3) is 0 Å². The molecule has 0 spiro atoms. The van der Waals surface area contributed by atoms with Crippen LogP contribution < -0.4 is 24.8 Å². The van der Waals surface area contributed by atoms with Crippen molar-refractivity contribution in [3.8, 4) is 17.2 Å².